The van der Waals surface area contributed by atoms with Crippen LogP contribution >= 0.6 is 0 Å². The van der Waals surface area contributed by atoms with E-state index in [1.54, 1.807) is 36.4 Å². The fourth-order valence-corrected chi connectivity index (χ4v) is 2.50. The van der Waals surface area contributed by atoms with Crippen LogP contribution in [-0.4, -0.2) is 21.7 Å². The SMILES string of the molecule is Cc1cccc(NC(=O)C(=O)Cc2nc3ccccc3[nH]c2=O)c1C. The number of aromatic nitrogens is 2. The van der Waals surface area contributed by atoms with Gasteiger partial charge in [-0.1, -0.05) is 24.3 Å². The van der Waals surface area contributed by atoms with E-state index in [1.807, 2.05) is 19.9 Å². The van der Waals surface area contributed by atoms with Gasteiger partial charge in [0.2, 0.25) is 5.78 Å². The largest absolute Gasteiger partial charge is 0.319 e. The van der Waals surface area contributed by atoms with Crippen LogP contribution < -0.4 is 10.9 Å². The van der Waals surface area contributed by atoms with Gasteiger partial charge in [-0.15, -0.1) is 0 Å². The summed E-state index contributed by atoms with van der Waals surface area (Å²) in [7, 11) is 0. The first kappa shape index (κ1) is 16.6. The fourth-order valence-electron chi connectivity index (χ4n) is 2.50. The predicted molar refractivity (Wildman–Crippen MR) is 95.6 cm³/mol. The zero-order chi connectivity index (χ0) is 18.0. The van der Waals surface area contributed by atoms with Gasteiger partial charge in [0.05, 0.1) is 17.5 Å². The highest BCUT2D eigenvalue weighted by atomic mass is 16.2. The number of carbonyl (C=O) groups excluding carboxylic acids is 2. The summed E-state index contributed by atoms with van der Waals surface area (Å²) < 4.78 is 0. The first-order valence-corrected chi connectivity index (χ1v) is 7.84. The second-order valence-corrected chi connectivity index (χ2v) is 5.83. The van der Waals surface area contributed by atoms with Gasteiger partial charge in [0.25, 0.3) is 11.5 Å². The molecule has 6 nitrogen and oxygen atoms in total. The minimum absolute atomic E-state index is 0.0276. The molecule has 25 heavy (non-hydrogen) atoms. The number of nitrogens with zero attached hydrogens (tertiary/aromatic N) is 1. The lowest BCUT2D eigenvalue weighted by Gasteiger charge is -2.09. The summed E-state index contributed by atoms with van der Waals surface area (Å²) >= 11 is 0. The molecule has 3 aromatic rings. The van der Waals surface area contributed by atoms with Gasteiger partial charge in [0, 0.05) is 5.69 Å². The quantitative estimate of drug-likeness (QED) is 0.716. The monoisotopic (exact) mass is 335 g/mol. The van der Waals surface area contributed by atoms with Crippen molar-refractivity contribution in [3.63, 3.8) is 0 Å². The van der Waals surface area contributed by atoms with Crippen molar-refractivity contribution >= 4 is 28.4 Å². The number of ketones is 1. The first-order valence-electron chi connectivity index (χ1n) is 7.84. The maximum atomic E-state index is 12.2. The fraction of sp³-hybridized carbons (Fsp3) is 0.158. The molecular weight excluding hydrogens is 318 g/mol. The van der Waals surface area contributed by atoms with Gasteiger partial charge in [0.1, 0.15) is 5.69 Å². The molecule has 0 saturated carbocycles. The summed E-state index contributed by atoms with van der Waals surface area (Å²) in [4.78, 5) is 43.3. The molecule has 0 aliphatic rings. The Labute approximate surface area is 143 Å². The molecule has 0 saturated heterocycles. The molecule has 0 bridgehead atoms. The van der Waals surface area contributed by atoms with Crippen molar-refractivity contribution in [2.45, 2.75) is 20.3 Å². The molecule has 0 spiro atoms. The molecule has 1 heterocycles. The number of hydrogen-bond donors (Lipinski definition) is 2. The maximum absolute atomic E-state index is 12.2. The molecule has 3 rings (SSSR count). The Morgan fingerprint density at radius 1 is 1.08 bits per heavy atom. The number of rotatable bonds is 4. The molecule has 2 N–H and O–H groups in total. The molecule has 0 fully saturated rings. The molecular formula is C19H17N3O3. The maximum Gasteiger partial charge on any atom is 0.292 e. The lowest BCUT2D eigenvalue weighted by Crippen LogP contribution is -2.28. The van der Waals surface area contributed by atoms with Crippen LogP contribution in [0, 0.1) is 13.8 Å². The zero-order valence-corrected chi connectivity index (χ0v) is 13.9. The number of aromatic amines is 1. The minimum Gasteiger partial charge on any atom is -0.319 e. The lowest BCUT2D eigenvalue weighted by atomic mass is 10.1. The molecule has 126 valence electrons. The van der Waals surface area contributed by atoms with Gasteiger partial charge in [0.15, 0.2) is 0 Å². The van der Waals surface area contributed by atoms with Crippen molar-refractivity contribution in [1.29, 1.82) is 0 Å². The van der Waals surface area contributed by atoms with E-state index in [-0.39, 0.29) is 12.1 Å². The third kappa shape index (κ3) is 3.47. The molecule has 2 aromatic carbocycles. The van der Waals surface area contributed by atoms with E-state index in [0.29, 0.717) is 16.7 Å². The van der Waals surface area contributed by atoms with E-state index < -0.39 is 17.2 Å². The standard InChI is InChI=1S/C19H17N3O3/c1-11-6-5-9-13(12(11)2)21-19(25)17(23)10-16-18(24)22-15-8-4-3-7-14(15)20-16/h3-9H,10H2,1-2H3,(H,21,25)(H,22,24). The van der Waals surface area contributed by atoms with Crippen LogP contribution in [0.25, 0.3) is 11.0 Å². The molecule has 0 atom stereocenters. The lowest BCUT2D eigenvalue weighted by molar-refractivity contribution is -0.134. The Hall–Kier alpha value is -3.28. The summed E-state index contributed by atoms with van der Waals surface area (Å²) in [6.45, 7) is 3.79. The molecule has 0 unspecified atom stereocenters. The predicted octanol–water partition coefficient (Wildman–Crippen LogP) is 2.29. The Balaban J connectivity index is 1.80. The molecule has 1 aromatic heterocycles. The van der Waals surface area contributed by atoms with Crippen LogP contribution in [0.3, 0.4) is 0 Å². The summed E-state index contributed by atoms with van der Waals surface area (Å²) in [5.74, 6) is -1.47. The summed E-state index contributed by atoms with van der Waals surface area (Å²) in [6, 6.07) is 12.5. The Kier molecular flexibility index (Phi) is 4.43. The number of aryl methyl sites for hydroxylation is 1. The number of fused-ring (bicyclic) bond motifs is 1. The van der Waals surface area contributed by atoms with Crippen LogP contribution in [0.15, 0.2) is 47.3 Å². The molecule has 0 aliphatic heterocycles. The van der Waals surface area contributed by atoms with Crippen molar-refractivity contribution in [3.8, 4) is 0 Å². The molecule has 6 heteroatoms. The number of hydrogen-bond acceptors (Lipinski definition) is 4. The first-order chi connectivity index (χ1) is 12.0. The average molecular weight is 335 g/mol. The normalized spacial score (nSPS) is 10.6. The number of amides is 1. The highest BCUT2D eigenvalue weighted by Crippen LogP contribution is 2.18. The number of benzene rings is 2. The smallest absolute Gasteiger partial charge is 0.292 e. The summed E-state index contributed by atoms with van der Waals surface area (Å²) in [5.41, 5.74) is 3.21. The van der Waals surface area contributed by atoms with Crippen LogP contribution in [0.2, 0.25) is 0 Å². The van der Waals surface area contributed by atoms with E-state index >= 15 is 0 Å². The summed E-state index contributed by atoms with van der Waals surface area (Å²) in [5, 5.41) is 2.60. The van der Waals surface area contributed by atoms with E-state index in [0.717, 1.165) is 11.1 Å². The highest BCUT2D eigenvalue weighted by Gasteiger charge is 2.18. The van der Waals surface area contributed by atoms with E-state index in [9.17, 15) is 14.4 Å². The molecule has 1 amide bonds. The molecule has 0 radical (unpaired) electrons. The average Bonchev–Trinajstić information content (AvgIpc) is 2.59. The third-order valence-corrected chi connectivity index (χ3v) is 4.10. The van der Waals surface area contributed by atoms with E-state index in [4.69, 9.17) is 0 Å². The van der Waals surface area contributed by atoms with Crippen LogP contribution in [0.1, 0.15) is 16.8 Å². The second-order valence-electron chi connectivity index (χ2n) is 5.83. The van der Waals surface area contributed by atoms with Crippen LogP contribution in [0.4, 0.5) is 5.69 Å². The van der Waals surface area contributed by atoms with Crippen molar-refractivity contribution in [1.82, 2.24) is 9.97 Å². The van der Waals surface area contributed by atoms with Crippen molar-refractivity contribution in [3.05, 3.63) is 69.6 Å². The van der Waals surface area contributed by atoms with Gasteiger partial charge >= 0.3 is 0 Å². The third-order valence-electron chi connectivity index (χ3n) is 4.10. The second kappa shape index (κ2) is 6.68. The van der Waals surface area contributed by atoms with Gasteiger partial charge in [-0.25, -0.2) is 4.98 Å². The minimum atomic E-state index is -0.761. The number of anilines is 1. The number of nitrogens with one attached hydrogen (secondary N) is 2. The van der Waals surface area contributed by atoms with Gasteiger partial charge in [-0.05, 0) is 43.2 Å². The van der Waals surface area contributed by atoms with Crippen LogP contribution in [-0.2, 0) is 16.0 Å². The van der Waals surface area contributed by atoms with Crippen molar-refractivity contribution in [2.24, 2.45) is 0 Å². The summed E-state index contributed by atoms with van der Waals surface area (Å²) in [6.07, 6.45) is -0.350. The number of H-pyrrole nitrogens is 1. The Bertz CT molecular complexity index is 1040. The zero-order valence-electron chi connectivity index (χ0n) is 13.9. The highest BCUT2D eigenvalue weighted by molar-refractivity contribution is 6.41. The van der Waals surface area contributed by atoms with E-state index in [2.05, 4.69) is 15.3 Å². The van der Waals surface area contributed by atoms with Gasteiger partial charge in [-0.2, -0.15) is 0 Å². The number of para-hydroxylation sites is 2. The number of Topliss-reactive ketones (excluding diaryl/α,β-unsaturated/α-hetero) is 1. The van der Waals surface area contributed by atoms with Crippen LogP contribution in [0.5, 0.6) is 0 Å². The Morgan fingerprint density at radius 2 is 1.84 bits per heavy atom. The van der Waals surface area contributed by atoms with Gasteiger partial charge in [-0.3, -0.25) is 14.4 Å². The molecule has 0 aliphatic carbocycles. The van der Waals surface area contributed by atoms with Gasteiger partial charge < -0.3 is 10.3 Å². The Morgan fingerprint density at radius 3 is 2.64 bits per heavy atom. The van der Waals surface area contributed by atoms with Crippen molar-refractivity contribution < 1.29 is 9.59 Å². The number of carbonyl (C=O) groups is 2. The van der Waals surface area contributed by atoms with E-state index in [1.165, 1.54) is 0 Å². The van der Waals surface area contributed by atoms with Crippen molar-refractivity contribution in [2.75, 3.05) is 5.32 Å². The topological polar surface area (TPSA) is 91.9 Å².